The zero-order valence-electron chi connectivity index (χ0n) is 10.8. The lowest BCUT2D eigenvalue weighted by Gasteiger charge is -2.22. The van der Waals surface area contributed by atoms with Gasteiger partial charge >= 0.3 is 0 Å². The molecular formula is C15H20BrNO. The Labute approximate surface area is 118 Å². The minimum atomic E-state index is 0.380. The second-order valence-corrected chi connectivity index (χ2v) is 5.73. The van der Waals surface area contributed by atoms with Crippen LogP contribution < -0.4 is 10.1 Å². The molecule has 0 bridgehead atoms. The third kappa shape index (κ3) is 3.36. The summed E-state index contributed by atoms with van der Waals surface area (Å²) in [6.07, 6.45) is 5.16. The van der Waals surface area contributed by atoms with Crippen molar-refractivity contribution >= 4 is 15.9 Å². The van der Waals surface area contributed by atoms with Gasteiger partial charge in [0.1, 0.15) is 5.75 Å². The topological polar surface area (TPSA) is 21.3 Å². The molecule has 18 heavy (non-hydrogen) atoms. The fourth-order valence-corrected chi connectivity index (χ4v) is 2.72. The van der Waals surface area contributed by atoms with E-state index in [1.807, 2.05) is 6.08 Å². The zero-order chi connectivity index (χ0) is 13.0. The number of hydrogen-bond donors (Lipinski definition) is 1. The fourth-order valence-electron chi connectivity index (χ4n) is 2.38. The molecule has 1 aromatic carbocycles. The molecule has 2 unspecified atom stereocenters. The van der Waals surface area contributed by atoms with E-state index in [1.54, 1.807) is 0 Å². The van der Waals surface area contributed by atoms with Crippen molar-refractivity contribution < 1.29 is 4.74 Å². The molecule has 0 amide bonds. The average molecular weight is 310 g/mol. The first-order chi connectivity index (χ1) is 8.70. The number of nitrogens with one attached hydrogen (secondary N) is 1. The summed E-state index contributed by atoms with van der Waals surface area (Å²) in [5.41, 5.74) is 1.27. The van der Waals surface area contributed by atoms with Crippen LogP contribution in [0.4, 0.5) is 0 Å². The summed E-state index contributed by atoms with van der Waals surface area (Å²) < 4.78 is 6.88. The van der Waals surface area contributed by atoms with Crippen LogP contribution in [0.2, 0.25) is 0 Å². The Balaban J connectivity index is 2.19. The molecule has 0 fully saturated rings. The molecule has 2 nitrogen and oxygen atoms in total. The van der Waals surface area contributed by atoms with Crippen LogP contribution in [0.3, 0.4) is 0 Å². The quantitative estimate of drug-likeness (QED) is 0.841. The highest BCUT2D eigenvalue weighted by Crippen LogP contribution is 2.34. The van der Waals surface area contributed by atoms with Crippen LogP contribution in [0.15, 0.2) is 35.3 Å². The van der Waals surface area contributed by atoms with Crippen LogP contribution >= 0.6 is 15.9 Å². The van der Waals surface area contributed by atoms with E-state index >= 15 is 0 Å². The van der Waals surface area contributed by atoms with Crippen molar-refractivity contribution in [3.8, 4) is 5.75 Å². The van der Waals surface area contributed by atoms with Gasteiger partial charge in [-0.2, -0.15) is 0 Å². The highest BCUT2D eigenvalue weighted by molar-refractivity contribution is 9.10. The molecular weight excluding hydrogens is 290 g/mol. The second-order valence-electron chi connectivity index (χ2n) is 4.82. The van der Waals surface area contributed by atoms with E-state index in [9.17, 15) is 0 Å². The summed E-state index contributed by atoms with van der Waals surface area (Å²) >= 11 is 3.50. The Morgan fingerprint density at radius 2 is 2.44 bits per heavy atom. The average Bonchev–Trinajstić information content (AvgIpc) is 2.52. The fraction of sp³-hybridized carbons (Fsp3) is 0.467. The van der Waals surface area contributed by atoms with Crippen LogP contribution in [0.25, 0.3) is 0 Å². The van der Waals surface area contributed by atoms with Gasteiger partial charge in [0, 0.05) is 22.1 Å². The van der Waals surface area contributed by atoms with Gasteiger partial charge in [0.15, 0.2) is 0 Å². The lowest BCUT2D eigenvalue weighted by molar-refractivity contribution is 0.314. The van der Waals surface area contributed by atoms with Gasteiger partial charge in [0.25, 0.3) is 0 Å². The lowest BCUT2D eigenvalue weighted by Crippen LogP contribution is -2.30. The van der Waals surface area contributed by atoms with Crippen LogP contribution in [0.1, 0.15) is 37.8 Å². The van der Waals surface area contributed by atoms with Gasteiger partial charge in [-0.3, -0.25) is 0 Å². The molecule has 1 aliphatic heterocycles. The number of benzene rings is 1. The van der Waals surface area contributed by atoms with Crippen LogP contribution in [-0.4, -0.2) is 12.6 Å². The van der Waals surface area contributed by atoms with E-state index in [-0.39, 0.29) is 0 Å². The highest BCUT2D eigenvalue weighted by Gasteiger charge is 2.20. The minimum Gasteiger partial charge on any atom is -0.493 e. The summed E-state index contributed by atoms with van der Waals surface area (Å²) in [5.74, 6) is 1.00. The van der Waals surface area contributed by atoms with Crippen LogP contribution in [0.5, 0.6) is 5.75 Å². The standard InChI is InChI=1S/C15H20BrNO/c1-3-5-11(2)17-14-6-4-9-18-15-10-12(16)7-8-13(14)15/h3,7-8,10-11,14,17H,1,4-6,9H2,2H3. The molecule has 2 atom stereocenters. The number of hydrogen-bond acceptors (Lipinski definition) is 2. The Morgan fingerprint density at radius 3 is 3.22 bits per heavy atom. The van der Waals surface area contributed by atoms with Gasteiger partial charge < -0.3 is 10.1 Å². The van der Waals surface area contributed by atoms with E-state index in [4.69, 9.17) is 4.74 Å². The number of ether oxygens (including phenoxy) is 1. The third-order valence-electron chi connectivity index (χ3n) is 3.25. The first kappa shape index (κ1) is 13.6. The van der Waals surface area contributed by atoms with E-state index in [0.29, 0.717) is 12.1 Å². The SMILES string of the molecule is C=CCC(C)NC1CCCOc2cc(Br)ccc21. The molecule has 1 aliphatic rings. The van der Waals surface area contributed by atoms with E-state index in [1.165, 1.54) is 5.56 Å². The monoisotopic (exact) mass is 309 g/mol. The summed E-state index contributed by atoms with van der Waals surface area (Å²) in [4.78, 5) is 0. The molecule has 1 heterocycles. The molecule has 0 spiro atoms. The number of fused-ring (bicyclic) bond motifs is 1. The molecule has 0 radical (unpaired) electrons. The largest absolute Gasteiger partial charge is 0.493 e. The highest BCUT2D eigenvalue weighted by atomic mass is 79.9. The summed E-state index contributed by atoms with van der Waals surface area (Å²) in [5, 5.41) is 3.67. The van der Waals surface area contributed by atoms with E-state index in [2.05, 4.69) is 52.9 Å². The first-order valence-electron chi connectivity index (χ1n) is 6.50. The second kappa shape index (κ2) is 6.39. The van der Waals surface area contributed by atoms with Crippen molar-refractivity contribution in [3.05, 3.63) is 40.9 Å². The van der Waals surface area contributed by atoms with E-state index in [0.717, 1.165) is 36.1 Å². The smallest absolute Gasteiger partial charge is 0.125 e. The maximum absolute atomic E-state index is 5.81. The van der Waals surface area contributed by atoms with Gasteiger partial charge in [-0.1, -0.05) is 28.1 Å². The molecule has 0 aromatic heterocycles. The van der Waals surface area contributed by atoms with Crippen LogP contribution in [-0.2, 0) is 0 Å². The Bertz CT molecular complexity index is 419. The van der Waals surface area contributed by atoms with Crippen molar-refractivity contribution in [3.63, 3.8) is 0 Å². The Hall–Kier alpha value is -0.800. The Kier molecular flexibility index (Phi) is 4.84. The van der Waals surface area contributed by atoms with Gasteiger partial charge in [-0.25, -0.2) is 0 Å². The van der Waals surface area contributed by atoms with Crippen molar-refractivity contribution in [2.45, 2.75) is 38.3 Å². The van der Waals surface area contributed by atoms with Crippen molar-refractivity contribution in [1.82, 2.24) is 5.32 Å². The van der Waals surface area contributed by atoms with Gasteiger partial charge in [0.2, 0.25) is 0 Å². The van der Waals surface area contributed by atoms with Crippen molar-refractivity contribution in [2.75, 3.05) is 6.61 Å². The Morgan fingerprint density at radius 1 is 1.61 bits per heavy atom. The van der Waals surface area contributed by atoms with Gasteiger partial charge in [-0.05, 0) is 38.3 Å². The van der Waals surface area contributed by atoms with Crippen LogP contribution in [0, 0.1) is 0 Å². The normalized spacial score (nSPS) is 20.4. The predicted molar refractivity (Wildman–Crippen MR) is 79.0 cm³/mol. The third-order valence-corrected chi connectivity index (χ3v) is 3.74. The molecule has 98 valence electrons. The molecule has 3 heteroatoms. The maximum Gasteiger partial charge on any atom is 0.125 e. The zero-order valence-corrected chi connectivity index (χ0v) is 12.4. The van der Waals surface area contributed by atoms with E-state index < -0.39 is 0 Å². The summed E-state index contributed by atoms with van der Waals surface area (Å²) in [7, 11) is 0. The molecule has 0 aliphatic carbocycles. The molecule has 1 aromatic rings. The summed E-state index contributed by atoms with van der Waals surface area (Å²) in [6, 6.07) is 7.13. The lowest BCUT2D eigenvalue weighted by atomic mass is 10.0. The molecule has 0 saturated carbocycles. The van der Waals surface area contributed by atoms with Gasteiger partial charge in [-0.15, -0.1) is 6.58 Å². The number of rotatable bonds is 4. The summed E-state index contributed by atoms with van der Waals surface area (Å²) in [6.45, 7) is 6.80. The molecule has 0 saturated heterocycles. The maximum atomic E-state index is 5.81. The predicted octanol–water partition coefficient (Wildman–Crippen LogP) is 4.22. The minimum absolute atomic E-state index is 0.380. The molecule has 2 rings (SSSR count). The van der Waals surface area contributed by atoms with Gasteiger partial charge in [0.05, 0.1) is 6.61 Å². The molecule has 1 N–H and O–H groups in total. The van der Waals surface area contributed by atoms with Crippen molar-refractivity contribution in [1.29, 1.82) is 0 Å². The first-order valence-corrected chi connectivity index (χ1v) is 7.29. The number of halogens is 1. The van der Waals surface area contributed by atoms with Crippen molar-refractivity contribution in [2.24, 2.45) is 0 Å².